The van der Waals surface area contributed by atoms with Gasteiger partial charge in [-0.1, -0.05) is 11.6 Å². The fraction of sp³-hybridized carbons (Fsp3) is 0.364. The summed E-state index contributed by atoms with van der Waals surface area (Å²) < 4.78 is 26.5. The van der Waals surface area contributed by atoms with Crippen LogP contribution in [0.5, 0.6) is 0 Å². The van der Waals surface area contributed by atoms with Gasteiger partial charge in [-0.2, -0.15) is 0 Å². The summed E-state index contributed by atoms with van der Waals surface area (Å²) >= 11 is 5.70. The van der Waals surface area contributed by atoms with Gasteiger partial charge in [-0.15, -0.1) is 0 Å². The van der Waals surface area contributed by atoms with Crippen molar-refractivity contribution in [2.24, 2.45) is 0 Å². The van der Waals surface area contributed by atoms with E-state index in [4.69, 9.17) is 11.6 Å². The van der Waals surface area contributed by atoms with Gasteiger partial charge >= 0.3 is 0 Å². The minimum absolute atomic E-state index is 0.0502. The van der Waals surface area contributed by atoms with Crippen LogP contribution in [-0.2, 0) is 10.0 Å². The summed E-state index contributed by atoms with van der Waals surface area (Å²) in [7, 11) is -3.72. The molecule has 17 heavy (non-hydrogen) atoms. The van der Waals surface area contributed by atoms with Crippen molar-refractivity contribution < 1.29 is 13.2 Å². The molecular weight excluding hydrogens is 262 g/mol. The number of carbonyl (C=O) groups excluding carboxylic acids is 1. The van der Waals surface area contributed by atoms with Crippen LogP contribution >= 0.6 is 11.6 Å². The molecule has 1 rings (SSSR count). The van der Waals surface area contributed by atoms with Gasteiger partial charge in [0, 0.05) is 16.1 Å². The SMILES string of the molecule is CC(C)(C)NS(=O)(=O)c1ccc(Cl)cc1C=O. The van der Waals surface area contributed by atoms with Crippen molar-refractivity contribution in [3.8, 4) is 0 Å². The molecule has 1 aromatic carbocycles. The van der Waals surface area contributed by atoms with Gasteiger partial charge in [-0.3, -0.25) is 4.79 Å². The highest BCUT2D eigenvalue weighted by molar-refractivity contribution is 7.89. The summed E-state index contributed by atoms with van der Waals surface area (Å²) in [6.45, 7) is 5.17. The Morgan fingerprint density at radius 2 is 1.88 bits per heavy atom. The smallest absolute Gasteiger partial charge is 0.241 e. The zero-order valence-electron chi connectivity index (χ0n) is 9.82. The van der Waals surface area contributed by atoms with Crippen LogP contribution in [0, 0.1) is 0 Å². The van der Waals surface area contributed by atoms with Crippen LogP contribution in [0.25, 0.3) is 0 Å². The van der Waals surface area contributed by atoms with Crippen LogP contribution < -0.4 is 4.72 Å². The Balaban J connectivity index is 3.29. The van der Waals surface area contributed by atoms with Crippen LogP contribution in [0.15, 0.2) is 23.1 Å². The van der Waals surface area contributed by atoms with Gasteiger partial charge in [0.25, 0.3) is 0 Å². The predicted molar refractivity (Wildman–Crippen MR) is 66.9 cm³/mol. The Labute approximate surface area is 106 Å². The molecule has 94 valence electrons. The Kier molecular flexibility index (Phi) is 3.96. The molecule has 0 heterocycles. The van der Waals surface area contributed by atoms with Crippen molar-refractivity contribution in [2.75, 3.05) is 0 Å². The van der Waals surface area contributed by atoms with E-state index in [0.717, 1.165) is 0 Å². The number of benzene rings is 1. The number of carbonyl (C=O) groups is 1. The highest BCUT2D eigenvalue weighted by Gasteiger charge is 2.24. The fourth-order valence-electron chi connectivity index (χ4n) is 1.31. The highest BCUT2D eigenvalue weighted by atomic mass is 35.5. The first-order valence-electron chi connectivity index (χ1n) is 4.94. The monoisotopic (exact) mass is 275 g/mol. The summed E-state index contributed by atoms with van der Waals surface area (Å²) in [6, 6.07) is 4.08. The number of rotatable bonds is 3. The minimum Gasteiger partial charge on any atom is -0.298 e. The molecule has 0 saturated carbocycles. The van der Waals surface area contributed by atoms with Gasteiger partial charge < -0.3 is 0 Å². The molecule has 0 aliphatic rings. The number of hydrogen-bond donors (Lipinski definition) is 1. The molecule has 0 atom stereocenters. The van der Waals surface area contributed by atoms with Gasteiger partial charge in [0.1, 0.15) is 0 Å². The maximum atomic E-state index is 12.0. The van der Waals surface area contributed by atoms with E-state index in [1.165, 1.54) is 18.2 Å². The third-order valence-corrected chi connectivity index (χ3v) is 3.90. The van der Waals surface area contributed by atoms with Crippen molar-refractivity contribution in [2.45, 2.75) is 31.2 Å². The van der Waals surface area contributed by atoms with Crippen LogP contribution in [0.4, 0.5) is 0 Å². The zero-order valence-corrected chi connectivity index (χ0v) is 11.4. The van der Waals surface area contributed by atoms with E-state index in [2.05, 4.69) is 4.72 Å². The minimum atomic E-state index is -3.72. The third-order valence-electron chi connectivity index (χ3n) is 1.83. The molecule has 0 aromatic heterocycles. The van der Waals surface area contributed by atoms with E-state index in [0.29, 0.717) is 11.3 Å². The summed E-state index contributed by atoms with van der Waals surface area (Å²) in [5, 5.41) is 0.321. The van der Waals surface area contributed by atoms with Gasteiger partial charge in [0.05, 0.1) is 4.90 Å². The zero-order chi connectivity index (χ0) is 13.3. The second kappa shape index (κ2) is 4.76. The number of halogens is 1. The summed E-state index contributed by atoms with van der Waals surface area (Å²) in [5.41, 5.74) is -0.562. The molecule has 0 radical (unpaired) electrons. The average molecular weight is 276 g/mol. The first kappa shape index (κ1) is 14.2. The summed E-state index contributed by atoms with van der Waals surface area (Å²) in [4.78, 5) is 10.8. The highest BCUT2D eigenvalue weighted by Crippen LogP contribution is 2.20. The van der Waals surface area contributed by atoms with E-state index >= 15 is 0 Å². The summed E-state index contributed by atoms with van der Waals surface area (Å²) in [5.74, 6) is 0. The van der Waals surface area contributed by atoms with Crippen molar-refractivity contribution in [1.82, 2.24) is 4.72 Å². The number of aldehydes is 1. The second-order valence-electron chi connectivity index (χ2n) is 4.66. The van der Waals surface area contributed by atoms with Crippen molar-refractivity contribution in [1.29, 1.82) is 0 Å². The van der Waals surface area contributed by atoms with Gasteiger partial charge in [0.2, 0.25) is 10.0 Å². The summed E-state index contributed by atoms with van der Waals surface area (Å²) in [6.07, 6.45) is 0.475. The largest absolute Gasteiger partial charge is 0.298 e. The van der Waals surface area contributed by atoms with Gasteiger partial charge in [-0.05, 0) is 39.0 Å². The molecule has 0 amide bonds. The lowest BCUT2D eigenvalue weighted by atomic mass is 10.1. The van der Waals surface area contributed by atoms with Crippen LogP contribution in [0.3, 0.4) is 0 Å². The lowest BCUT2D eigenvalue weighted by Gasteiger charge is -2.20. The normalized spacial score (nSPS) is 12.5. The fourth-order valence-corrected chi connectivity index (χ4v) is 3.08. The van der Waals surface area contributed by atoms with E-state index in [-0.39, 0.29) is 10.5 Å². The number of hydrogen-bond acceptors (Lipinski definition) is 3. The Morgan fingerprint density at radius 3 is 2.35 bits per heavy atom. The van der Waals surface area contributed by atoms with Gasteiger partial charge in [0.15, 0.2) is 6.29 Å². The first-order chi connectivity index (χ1) is 7.65. The molecule has 4 nitrogen and oxygen atoms in total. The van der Waals surface area contributed by atoms with Crippen molar-refractivity contribution in [3.63, 3.8) is 0 Å². The lowest BCUT2D eigenvalue weighted by Crippen LogP contribution is -2.40. The molecule has 1 N–H and O–H groups in total. The van der Waals surface area contributed by atoms with E-state index in [1.807, 2.05) is 0 Å². The Bertz CT molecular complexity index is 532. The van der Waals surface area contributed by atoms with E-state index in [1.54, 1.807) is 20.8 Å². The van der Waals surface area contributed by atoms with E-state index in [9.17, 15) is 13.2 Å². The molecule has 0 fully saturated rings. The molecule has 1 aromatic rings. The molecule has 0 saturated heterocycles. The quantitative estimate of drug-likeness (QED) is 0.861. The molecule has 0 unspecified atom stereocenters. The Hall–Kier alpha value is -0.910. The van der Waals surface area contributed by atoms with Crippen LogP contribution in [0.2, 0.25) is 5.02 Å². The average Bonchev–Trinajstić information content (AvgIpc) is 2.13. The van der Waals surface area contributed by atoms with Crippen molar-refractivity contribution >= 4 is 27.9 Å². The molecule has 0 aliphatic carbocycles. The van der Waals surface area contributed by atoms with E-state index < -0.39 is 15.6 Å². The molecular formula is C11H14ClNO3S. The van der Waals surface area contributed by atoms with Crippen LogP contribution in [-0.4, -0.2) is 20.2 Å². The molecule has 0 bridgehead atoms. The van der Waals surface area contributed by atoms with Crippen molar-refractivity contribution in [3.05, 3.63) is 28.8 Å². The third kappa shape index (κ3) is 3.80. The molecule has 6 heteroatoms. The lowest BCUT2D eigenvalue weighted by molar-refractivity contribution is 0.112. The molecule has 0 aliphatic heterocycles. The first-order valence-corrected chi connectivity index (χ1v) is 6.80. The topological polar surface area (TPSA) is 63.2 Å². The van der Waals surface area contributed by atoms with Crippen LogP contribution in [0.1, 0.15) is 31.1 Å². The maximum Gasteiger partial charge on any atom is 0.241 e. The maximum absolute atomic E-state index is 12.0. The number of nitrogens with one attached hydrogen (secondary N) is 1. The molecule has 0 spiro atoms. The second-order valence-corrected chi connectivity index (χ2v) is 6.74. The number of sulfonamides is 1. The Morgan fingerprint density at radius 1 is 1.29 bits per heavy atom. The predicted octanol–water partition coefficient (Wildman–Crippen LogP) is 2.23. The standard InChI is InChI=1S/C11H14ClNO3S/c1-11(2,3)13-17(15,16)10-5-4-9(12)6-8(10)7-14/h4-7,13H,1-3H3. The van der Waals surface area contributed by atoms with Gasteiger partial charge in [-0.25, -0.2) is 13.1 Å².